The summed E-state index contributed by atoms with van der Waals surface area (Å²) in [6, 6.07) is 11.5. The molecule has 2 N–H and O–H groups in total. The molecule has 2 aromatic rings. The molecule has 14 nitrogen and oxygen atoms in total. The lowest BCUT2D eigenvalue weighted by Gasteiger charge is -2.35. The number of morpholine rings is 1. The minimum atomic E-state index is -1.92. The van der Waals surface area contributed by atoms with Crippen molar-refractivity contribution in [2.24, 2.45) is 0 Å². The molecule has 0 unspecified atom stereocenters. The highest BCUT2D eigenvalue weighted by Crippen LogP contribution is 2.32. The Labute approximate surface area is 279 Å². The average Bonchev–Trinajstić information content (AvgIpc) is 2.99. The number of imide groups is 1. The van der Waals surface area contributed by atoms with Crippen molar-refractivity contribution in [1.82, 2.24) is 4.90 Å². The molecule has 2 atom stereocenters. The van der Waals surface area contributed by atoms with Gasteiger partial charge in [0.15, 0.2) is 12.2 Å². The molecule has 2 heterocycles. The SMILES string of the molecule is CN1C(=O)CCc2ccc(N3CCO[C@H]([C@@H](O)C(=O)Nc4ccc(C#N)c(CN(C(=O)OC(C)(C)C)C(=O)OC(C)(C)C)c4)C3=O)cc21. The van der Waals surface area contributed by atoms with Crippen molar-refractivity contribution in [3.05, 3.63) is 53.1 Å². The van der Waals surface area contributed by atoms with Gasteiger partial charge in [-0.2, -0.15) is 5.26 Å². The van der Waals surface area contributed by atoms with E-state index in [4.69, 9.17) is 14.2 Å². The number of benzene rings is 2. The Morgan fingerprint density at radius 1 is 1.04 bits per heavy atom. The molecule has 0 spiro atoms. The van der Waals surface area contributed by atoms with Crippen LogP contribution in [0.25, 0.3) is 0 Å². The van der Waals surface area contributed by atoms with Crippen LogP contribution in [0.1, 0.15) is 64.7 Å². The zero-order valence-electron chi connectivity index (χ0n) is 28.2. The molecule has 0 aliphatic carbocycles. The van der Waals surface area contributed by atoms with Gasteiger partial charge in [-0.15, -0.1) is 0 Å². The van der Waals surface area contributed by atoms with Gasteiger partial charge in [0.2, 0.25) is 5.91 Å². The fraction of sp³-hybridized carbons (Fsp3) is 0.471. The van der Waals surface area contributed by atoms with Crippen molar-refractivity contribution in [3.63, 3.8) is 0 Å². The summed E-state index contributed by atoms with van der Waals surface area (Å²) in [4.78, 5) is 68.6. The summed E-state index contributed by atoms with van der Waals surface area (Å²) in [5, 5.41) is 23.2. The maximum absolute atomic E-state index is 13.5. The van der Waals surface area contributed by atoms with E-state index in [2.05, 4.69) is 5.32 Å². The average molecular weight is 664 g/mol. The van der Waals surface area contributed by atoms with E-state index in [1.807, 2.05) is 12.1 Å². The number of nitrogens with zero attached hydrogens (tertiary/aromatic N) is 4. The second kappa shape index (κ2) is 14.0. The first-order chi connectivity index (χ1) is 22.4. The molecule has 2 aliphatic heterocycles. The van der Waals surface area contributed by atoms with Gasteiger partial charge in [0.05, 0.1) is 24.8 Å². The molecule has 14 heteroatoms. The van der Waals surface area contributed by atoms with Crippen LogP contribution in [0.2, 0.25) is 0 Å². The van der Waals surface area contributed by atoms with E-state index in [1.54, 1.807) is 65.6 Å². The molecule has 4 rings (SSSR count). The zero-order valence-corrected chi connectivity index (χ0v) is 28.2. The minimum Gasteiger partial charge on any atom is -0.443 e. The molecule has 5 amide bonds. The lowest BCUT2D eigenvalue weighted by atomic mass is 10.0. The molecule has 1 fully saturated rings. The monoisotopic (exact) mass is 663 g/mol. The highest BCUT2D eigenvalue weighted by molar-refractivity contribution is 6.04. The zero-order chi connectivity index (χ0) is 35.6. The number of aliphatic hydroxyl groups excluding tert-OH is 1. The Morgan fingerprint density at radius 2 is 1.69 bits per heavy atom. The van der Waals surface area contributed by atoms with Gasteiger partial charge in [0.25, 0.3) is 11.8 Å². The molecule has 2 aliphatic rings. The second-order valence-corrected chi connectivity index (χ2v) is 13.5. The molecule has 48 heavy (non-hydrogen) atoms. The van der Waals surface area contributed by atoms with Crippen LogP contribution in [-0.4, -0.2) is 83.5 Å². The third kappa shape index (κ3) is 8.47. The molecule has 0 radical (unpaired) electrons. The number of aryl methyl sites for hydroxylation is 1. The van der Waals surface area contributed by atoms with Gasteiger partial charge in [-0.1, -0.05) is 6.07 Å². The Morgan fingerprint density at radius 3 is 2.29 bits per heavy atom. The predicted octanol–water partition coefficient (Wildman–Crippen LogP) is 3.87. The number of amides is 5. The summed E-state index contributed by atoms with van der Waals surface area (Å²) in [6.07, 6.45) is -4.45. The molecule has 0 bridgehead atoms. The highest BCUT2D eigenvalue weighted by atomic mass is 16.6. The number of carbonyl (C=O) groups is 5. The van der Waals surface area contributed by atoms with E-state index < -0.39 is 54.0 Å². The summed E-state index contributed by atoms with van der Waals surface area (Å²) in [5.74, 6) is -1.64. The number of hydrogen-bond donors (Lipinski definition) is 2. The number of aliphatic hydroxyl groups is 1. The number of fused-ring (bicyclic) bond motifs is 1. The van der Waals surface area contributed by atoms with Crippen LogP contribution in [0.3, 0.4) is 0 Å². The normalized spacial score (nSPS) is 17.2. The minimum absolute atomic E-state index is 0.0359. The summed E-state index contributed by atoms with van der Waals surface area (Å²) in [6.45, 7) is 9.58. The van der Waals surface area contributed by atoms with Crippen LogP contribution in [0.5, 0.6) is 0 Å². The van der Waals surface area contributed by atoms with E-state index in [-0.39, 0.29) is 35.9 Å². The smallest absolute Gasteiger partial charge is 0.420 e. The summed E-state index contributed by atoms with van der Waals surface area (Å²) in [7, 11) is 1.67. The Balaban J connectivity index is 1.52. The number of nitriles is 1. The number of nitrogens with one attached hydrogen (secondary N) is 1. The molecule has 2 aromatic carbocycles. The third-order valence-corrected chi connectivity index (χ3v) is 7.45. The summed E-state index contributed by atoms with van der Waals surface area (Å²) >= 11 is 0. The quantitative estimate of drug-likeness (QED) is 0.461. The lowest BCUT2D eigenvalue weighted by molar-refractivity contribution is -0.150. The van der Waals surface area contributed by atoms with Gasteiger partial charge in [-0.3, -0.25) is 14.4 Å². The first-order valence-corrected chi connectivity index (χ1v) is 15.5. The Kier molecular flexibility index (Phi) is 10.5. The topological polar surface area (TPSA) is 179 Å². The third-order valence-electron chi connectivity index (χ3n) is 7.45. The number of carbonyl (C=O) groups excluding carboxylic acids is 5. The number of anilines is 3. The van der Waals surface area contributed by atoms with Crippen molar-refractivity contribution < 1.29 is 43.3 Å². The van der Waals surface area contributed by atoms with E-state index in [0.717, 1.165) is 5.56 Å². The Bertz CT molecular complexity index is 1630. The van der Waals surface area contributed by atoms with Crippen LogP contribution in [0.15, 0.2) is 36.4 Å². The van der Waals surface area contributed by atoms with Crippen molar-refractivity contribution in [2.45, 2.75) is 84.3 Å². The lowest BCUT2D eigenvalue weighted by Crippen LogP contribution is -2.55. The maximum atomic E-state index is 13.5. The highest BCUT2D eigenvalue weighted by Gasteiger charge is 2.40. The van der Waals surface area contributed by atoms with Crippen molar-refractivity contribution in [3.8, 4) is 6.07 Å². The second-order valence-electron chi connectivity index (χ2n) is 13.5. The van der Waals surface area contributed by atoms with E-state index in [0.29, 0.717) is 29.1 Å². The van der Waals surface area contributed by atoms with Gasteiger partial charge >= 0.3 is 12.2 Å². The molecule has 1 saturated heterocycles. The van der Waals surface area contributed by atoms with Crippen LogP contribution < -0.4 is 15.1 Å². The molecule has 0 saturated carbocycles. The van der Waals surface area contributed by atoms with Gasteiger partial charge in [0.1, 0.15) is 11.2 Å². The summed E-state index contributed by atoms with van der Waals surface area (Å²) < 4.78 is 16.3. The maximum Gasteiger partial charge on any atom is 0.420 e. The Hall–Kier alpha value is -5.00. The van der Waals surface area contributed by atoms with Crippen molar-refractivity contribution >= 4 is 47.0 Å². The number of ether oxygens (including phenoxy) is 3. The van der Waals surface area contributed by atoms with Crippen molar-refractivity contribution in [2.75, 3.05) is 35.3 Å². The molecule has 0 aromatic heterocycles. The standard InChI is InChI=1S/C34H41N5O9/c1-33(2,3)47-31(44)39(32(45)48-34(4,5)6)19-22-16-23(11-8-21(22)18-35)36-29(42)27(41)28-30(43)38(14-15-46-28)24-12-9-20-10-13-26(40)37(7)25(20)17-24/h8-9,11-12,16-17,27-28,41H,10,13-15,19H2,1-7H3,(H,36,42)/t27-,28-/m1/s1. The molecular weight excluding hydrogens is 622 g/mol. The van der Waals surface area contributed by atoms with Crippen LogP contribution in [-0.2, 0) is 41.6 Å². The summed E-state index contributed by atoms with van der Waals surface area (Å²) in [5.41, 5.74) is 0.667. The van der Waals surface area contributed by atoms with E-state index in [9.17, 15) is 34.3 Å². The fourth-order valence-electron chi connectivity index (χ4n) is 5.15. The molecule has 256 valence electrons. The molecular formula is C34H41N5O9. The number of hydrogen-bond acceptors (Lipinski definition) is 10. The van der Waals surface area contributed by atoms with E-state index >= 15 is 0 Å². The van der Waals surface area contributed by atoms with Gasteiger partial charge in [0, 0.05) is 37.1 Å². The van der Waals surface area contributed by atoms with Crippen LogP contribution in [0, 0.1) is 11.3 Å². The number of rotatable bonds is 6. The van der Waals surface area contributed by atoms with Crippen LogP contribution in [0.4, 0.5) is 26.7 Å². The van der Waals surface area contributed by atoms with Crippen LogP contribution >= 0.6 is 0 Å². The van der Waals surface area contributed by atoms with Crippen molar-refractivity contribution in [1.29, 1.82) is 5.26 Å². The first kappa shape index (κ1) is 35.8. The largest absolute Gasteiger partial charge is 0.443 e. The van der Waals surface area contributed by atoms with E-state index in [1.165, 1.54) is 23.1 Å². The van der Waals surface area contributed by atoms with Gasteiger partial charge < -0.3 is 34.4 Å². The first-order valence-electron chi connectivity index (χ1n) is 15.5. The van der Waals surface area contributed by atoms with Gasteiger partial charge in [-0.25, -0.2) is 14.5 Å². The van der Waals surface area contributed by atoms with Gasteiger partial charge in [-0.05, 0) is 89.4 Å². The fourth-order valence-corrected chi connectivity index (χ4v) is 5.15. The predicted molar refractivity (Wildman–Crippen MR) is 174 cm³/mol.